The van der Waals surface area contributed by atoms with Gasteiger partial charge in [-0.25, -0.2) is 4.79 Å². The van der Waals surface area contributed by atoms with Crippen molar-refractivity contribution in [2.45, 2.75) is 26.1 Å². The minimum absolute atomic E-state index is 0.0659. The summed E-state index contributed by atoms with van der Waals surface area (Å²) in [6.45, 7) is 4.35. The van der Waals surface area contributed by atoms with E-state index in [4.69, 9.17) is 24.8 Å². The van der Waals surface area contributed by atoms with Crippen molar-refractivity contribution < 1.29 is 29.6 Å². The third-order valence-corrected chi connectivity index (χ3v) is 2.60. The molecule has 6 heteroatoms. The maximum atomic E-state index is 10.2. The topological polar surface area (TPSA) is 96.2 Å². The Labute approximate surface area is 130 Å². The Bertz CT molecular complexity index is 433. The largest absolute Gasteiger partial charge is 0.502 e. The lowest BCUT2D eigenvalue weighted by molar-refractivity contribution is -0.135. The van der Waals surface area contributed by atoms with Crippen molar-refractivity contribution in [2.75, 3.05) is 20.3 Å². The normalized spacial score (nSPS) is 13.7. The van der Waals surface area contributed by atoms with Gasteiger partial charge in [0.05, 0.1) is 25.4 Å². The van der Waals surface area contributed by atoms with Gasteiger partial charge in [0.1, 0.15) is 0 Å². The lowest BCUT2D eigenvalue weighted by Crippen LogP contribution is -2.21. The number of benzene rings is 1. The van der Waals surface area contributed by atoms with Crippen LogP contribution in [0.4, 0.5) is 0 Å². The minimum Gasteiger partial charge on any atom is -0.502 e. The van der Waals surface area contributed by atoms with Crippen LogP contribution >= 0.6 is 0 Å². The highest BCUT2D eigenvalue weighted by atomic mass is 16.5. The molecule has 0 aromatic heterocycles. The molecule has 1 rings (SSSR count). The molecule has 0 aliphatic heterocycles. The third-order valence-electron chi connectivity index (χ3n) is 2.60. The molecule has 0 fully saturated rings. The second-order valence-corrected chi connectivity index (χ2v) is 4.62. The lowest BCUT2D eigenvalue weighted by atomic mass is 10.2. The summed E-state index contributed by atoms with van der Waals surface area (Å²) in [6, 6.07) is 8.76. The number of carbonyl (C=O) groups is 1. The monoisotopic (exact) mass is 312 g/mol. The maximum Gasteiger partial charge on any atom is 0.370 e. The molecule has 0 amide bonds. The quantitative estimate of drug-likeness (QED) is 0.527. The van der Waals surface area contributed by atoms with E-state index < -0.39 is 11.7 Å². The molecule has 0 saturated carbocycles. The fourth-order valence-corrected chi connectivity index (χ4v) is 1.19. The summed E-state index contributed by atoms with van der Waals surface area (Å²) in [7, 11) is 1.64. The molecule has 0 aliphatic carbocycles. The summed E-state index contributed by atoms with van der Waals surface area (Å²) in [5, 5.41) is 25.7. The van der Waals surface area contributed by atoms with E-state index in [1.54, 1.807) is 31.4 Å². The van der Waals surface area contributed by atoms with Gasteiger partial charge in [-0.2, -0.15) is 0 Å². The van der Waals surface area contributed by atoms with Gasteiger partial charge in [-0.3, -0.25) is 0 Å². The number of hydrogen-bond acceptors (Lipinski definition) is 5. The molecule has 2 unspecified atom stereocenters. The van der Waals surface area contributed by atoms with Gasteiger partial charge in [0.2, 0.25) is 5.76 Å². The summed E-state index contributed by atoms with van der Waals surface area (Å²) in [5.41, 5.74) is 0.664. The number of aliphatic carboxylic acids is 1. The molecule has 0 heterocycles. The van der Waals surface area contributed by atoms with Crippen LogP contribution in [-0.2, 0) is 14.3 Å². The predicted octanol–water partition coefficient (Wildman–Crippen LogP) is 2.09. The molecule has 1 aromatic rings. The molecule has 0 bridgehead atoms. The number of aliphatic hydroxyl groups is 2. The van der Waals surface area contributed by atoms with Gasteiger partial charge in [-0.05, 0) is 25.5 Å². The van der Waals surface area contributed by atoms with Crippen LogP contribution in [0.3, 0.4) is 0 Å². The van der Waals surface area contributed by atoms with Crippen LogP contribution in [0.15, 0.2) is 36.1 Å². The first-order chi connectivity index (χ1) is 10.4. The van der Waals surface area contributed by atoms with E-state index >= 15 is 0 Å². The zero-order valence-electron chi connectivity index (χ0n) is 13.1. The van der Waals surface area contributed by atoms with Crippen LogP contribution in [-0.4, -0.2) is 53.8 Å². The van der Waals surface area contributed by atoms with Crippen LogP contribution in [0.2, 0.25) is 0 Å². The van der Waals surface area contributed by atoms with E-state index in [9.17, 15) is 4.79 Å². The van der Waals surface area contributed by atoms with Gasteiger partial charge >= 0.3 is 5.97 Å². The van der Waals surface area contributed by atoms with Crippen LogP contribution in [0.5, 0.6) is 0 Å². The first-order valence-corrected chi connectivity index (χ1v) is 6.85. The van der Waals surface area contributed by atoms with E-state index in [1.165, 1.54) is 6.08 Å². The molecule has 124 valence electrons. The van der Waals surface area contributed by atoms with Gasteiger partial charge < -0.3 is 24.8 Å². The van der Waals surface area contributed by atoms with Gasteiger partial charge in [0.15, 0.2) is 0 Å². The highest BCUT2D eigenvalue weighted by Gasteiger charge is 2.03. The second kappa shape index (κ2) is 11.7. The molecule has 1 aromatic carbocycles. The average molecular weight is 312 g/mol. The smallest absolute Gasteiger partial charge is 0.370 e. The Morgan fingerprint density at radius 1 is 1.18 bits per heavy atom. The van der Waals surface area contributed by atoms with Crippen molar-refractivity contribution in [1.29, 1.82) is 0 Å². The first kappa shape index (κ1) is 20.1. The Balaban J connectivity index is 0.000000409. The maximum absolute atomic E-state index is 10.2. The van der Waals surface area contributed by atoms with Crippen molar-refractivity contribution in [3.05, 3.63) is 41.7 Å². The molecule has 0 spiro atoms. The summed E-state index contributed by atoms with van der Waals surface area (Å²) >= 11 is 0. The van der Waals surface area contributed by atoms with Crippen LogP contribution in [0.25, 0.3) is 6.08 Å². The molecule has 0 saturated heterocycles. The zero-order valence-corrected chi connectivity index (χ0v) is 13.1. The minimum atomic E-state index is -1.32. The number of aliphatic hydroxyl groups excluding tert-OH is 2. The third kappa shape index (κ3) is 9.93. The Hall–Kier alpha value is -1.89. The second-order valence-electron chi connectivity index (χ2n) is 4.62. The van der Waals surface area contributed by atoms with Crippen LogP contribution in [0.1, 0.15) is 19.4 Å². The van der Waals surface area contributed by atoms with Gasteiger partial charge in [-0.15, -0.1) is 0 Å². The molecule has 2 atom stereocenters. The standard InChI is InChI=1S/C9H8O3.C7H16O3/c10-8(9(11)12)6-7-4-2-1-3-5-7;1-6(4-8)10-5-7(2)9-3/h1-6,10H,(H,11,12);6-8H,4-5H2,1-3H3. The van der Waals surface area contributed by atoms with E-state index in [1.807, 2.05) is 19.9 Å². The molecular weight excluding hydrogens is 288 g/mol. The highest BCUT2D eigenvalue weighted by molar-refractivity contribution is 5.89. The number of carboxylic acids is 1. The summed E-state index contributed by atoms with van der Waals surface area (Å²) in [6.07, 6.45) is 1.22. The number of rotatable bonds is 7. The van der Waals surface area contributed by atoms with E-state index in [2.05, 4.69) is 0 Å². The fraction of sp³-hybridized carbons (Fsp3) is 0.438. The number of carboxylic acid groups (broad SMARTS) is 1. The Morgan fingerprint density at radius 3 is 2.23 bits per heavy atom. The number of hydrogen-bond donors (Lipinski definition) is 3. The lowest BCUT2D eigenvalue weighted by Gasteiger charge is -2.13. The van der Waals surface area contributed by atoms with Crippen molar-refractivity contribution in [3.63, 3.8) is 0 Å². The van der Waals surface area contributed by atoms with Crippen molar-refractivity contribution in [1.82, 2.24) is 0 Å². The zero-order chi connectivity index (χ0) is 17.0. The van der Waals surface area contributed by atoms with Crippen molar-refractivity contribution in [2.24, 2.45) is 0 Å². The highest BCUT2D eigenvalue weighted by Crippen LogP contribution is 2.03. The molecular formula is C16H24O6. The van der Waals surface area contributed by atoms with Crippen molar-refractivity contribution in [3.8, 4) is 0 Å². The fourth-order valence-electron chi connectivity index (χ4n) is 1.19. The van der Waals surface area contributed by atoms with Gasteiger partial charge in [0, 0.05) is 7.11 Å². The Kier molecular flexibility index (Phi) is 10.7. The van der Waals surface area contributed by atoms with Gasteiger partial charge in [-0.1, -0.05) is 30.3 Å². The molecule has 3 N–H and O–H groups in total. The molecule has 0 aliphatic rings. The first-order valence-electron chi connectivity index (χ1n) is 6.85. The average Bonchev–Trinajstić information content (AvgIpc) is 2.53. The predicted molar refractivity (Wildman–Crippen MR) is 83.7 cm³/mol. The molecule has 22 heavy (non-hydrogen) atoms. The number of methoxy groups -OCH3 is 1. The van der Waals surface area contributed by atoms with E-state index in [-0.39, 0.29) is 18.8 Å². The van der Waals surface area contributed by atoms with Crippen molar-refractivity contribution >= 4 is 12.0 Å². The molecule has 0 radical (unpaired) electrons. The van der Waals surface area contributed by atoms with Crippen LogP contribution in [0, 0.1) is 0 Å². The van der Waals surface area contributed by atoms with E-state index in [0.717, 1.165) is 0 Å². The summed E-state index contributed by atoms with van der Waals surface area (Å²) in [4.78, 5) is 10.2. The Morgan fingerprint density at radius 2 is 1.77 bits per heavy atom. The van der Waals surface area contributed by atoms with Gasteiger partial charge in [0.25, 0.3) is 0 Å². The number of ether oxygens (including phenoxy) is 2. The molecule has 6 nitrogen and oxygen atoms in total. The SMILES string of the molecule is COC(C)COC(C)CO.O=C(O)C(O)=Cc1ccccc1. The van der Waals surface area contributed by atoms with E-state index in [0.29, 0.717) is 12.2 Å². The summed E-state index contributed by atoms with van der Waals surface area (Å²) in [5.74, 6) is -1.97. The van der Waals surface area contributed by atoms with Crippen LogP contribution < -0.4 is 0 Å². The summed E-state index contributed by atoms with van der Waals surface area (Å²) < 4.78 is 10.1.